The van der Waals surface area contributed by atoms with Crippen LogP contribution in [0.1, 0.15) is 18.5 Å². The third-order valence-electron chi connectivity index (χ3n) is 2.77. The van der Waals surface area contributed by atoms with Crippen LogP contribution in [-0.2, 0) is 0 Å². The Morgan fingerprint density at radius 3 is 2.60 bits per heavy atom. The minimum atomic E-state index is -0.499. The Balaban J connectivity index is 2.54. The summed E-state index contributed by atoms with van der Waals surface area (Å²) in [6.07, 6.45) is 0. The molecule has 0 aliphatic carbocycles. The van der Waals surface area contributed by atoms with E-state index in [9.17, 15) is 9.18 Å². The van der Waals surface area contributed by atoms with Gasteiger partial charge in [-0.3, -0.25) is 0 Å². The predicted octanol–water partition coefficient (Wildman–Crippen LogP) is 3.05. The molecule has 20 heavy (non-hydrogen) atoms. The second kappa shape index (κ2) is 7.67. The molecule has 0 fully saturated rings. The van der Waals surface area contributed by atoms with E-state index in [1.807, 2.05) is 6.92 Å². The summed E-state index contributed by atoms with van der Waals surface area (Å²) in [7, 11) is 3.33. The van der Waals surface area contributed by atoms with Gasteiger partial charge in [0.15, 0.2) is 0 Å². The fraction of sp³-hybridized carbons (Fsp3) is 0.462. The average Bonchev–Trinajstić information content (AvgIpc) is 2.39. The van der Waals surface area contributed by atoms with E-state index in [0.717, 1.165) is 0 Å². The van der Waals surface area contributed by atoms with Gasteiger partial charge in [0.2, 0.25) is 0 Å². The van der Waals surface area contributed by atoms with Gasteiger partial charge in [0.25, 0.3) is 0 Å². The van der Waals surface area contributed by atoms with Gasteiger partial charge < -0.3 is 15.5 Å². The van der Waals surface area contributed by atoms with Gasteiger partial charge in [0, 0.05) is 43.8 Å². The number of amides is 2. The van der Waals surface area contributed by atoms with Gasteiger partial charge in [-0.2, -0.15) is 0 Å². The van der Waals surface area contributed by atoms with Gasteiger partial charge in [-0.1, -0.05) is 23.2 Å². The molecule has 0 aliphatic rings. The number of benzene rings is 1. The van der Waals surface area contributed by atoms with E-state index >= 15 is 0 Å². The number of nitrogens with one attached hydrogen (secondary N) is 2. The minimum absolute atomic E-state index is 0.0230. The van der Waals surface area contributed by atoms with Crippen LogP contribution in [-0.4, -0.2) is 38.1 Å². The summed E-state index contributed by atoms with van der Waals surface area (Å²) in [5.41, 5.74) is 0.521. The largest absolute Gasteiger partial charge is 0.337 e. The lowest BCUT2D eigenvalue weighted by molar-refractivity contribution is 0.217. The Morgan fingerprint density at radius 2 is 2.00 bits per heavy atom. The van der Waals surface area contributed by atoms with E-state index < -0.39 is 5.82 Å². The van der Waals surface area contributed by atoms with E-state index in [1.54, 1.807) is 14.1 Å². The lowest BCUT2D eigenvalue weighted by Gasteiger charge is -2.18. The summed E-state index contributed by atoms with van der Waals surface area (Å²) in [5, 5.41) is 6.28. The normalized spacial score (nSPS) is 12.1. The summed E-state index contributed by atoms with van der Waals surface area (Å²) in [4.78, 5) is 12.8. The molecule has 1 aromatic rings. The second-order valence-electron chi connectivity index (χ2n) is 4.56. The van der Waals surface area contributed by atoms with Gasteiger partial charge in [0.1, 0.15) is 5.82 Å². The highest BCUT2D eigenvalue weighted by molar-refractivity contribution is 6.36. The summed E-state index contributed by atoms with van der Waals surface area (Å²) < 4.78 is 13.4. The molecule has 0 spiro atoms. The van der Waals surface area contributed by atoms with Crippen LogP contribution in [0.25, 0.3) is 0 Å². The standard InChI is InChI=1S/C13H18Cl2FN3O/c1-8(17-6-7-18-13(20)19(2)3)11-9(14)4-5-10(16)12(11)15/h4-5,8,17H,6-7H2,1-3H3,(H,18,20). The van der Waals surface area contributed by atoms with Crippen molar-refractivity contribution in [1.82, 2.24) is 15.5 Å². The van der Waals surface area contributed by atoms with E-state index in [1.165, 1.54) is 17.0 Å². The zero-order chi connectivity index (χ0) is 15.3. The van der Waals surface area contributed by atoms with Crippen molar-refractivity contribution in [2.75, 3.05) is 27.2 Å². The summed E-state index contributed by atoms with van der Waals surface area (Å²) >= 11 is 12.0. The fourth-order valence-electron chi connectivity index (χ4n) is 1.66. The van der Waals surface area contributed by atoms with Crippen molar-refractivity contribution in [3.05, 3.63) is 33.6 Å². The smallest absolute Gasteiger partial charge is 0.316 e. The summed E-state index contributed by atoms with van der Waals surface area (Å²) in [5.74, 6) is -0.499. The van der Waals surface area contributed by atoms with Crippen LogP contribution in [0.2, 0.25) is 10.0 Å². The number of hydrogen-bond acceptors (Lipinski definition) is 2. The Labute approximate surface area is 128 Å². The van der Waals surface area contributed by atoms with Crippen LogP contribution >= 0.6 is 23.2 Å². The Morgan fingerprint density at radius 1 is 1.35 bits per heavy atom. The molecule has 7 heteroatoms. The SMILES string of the molecule is CC(NCCNC(=O)N(C)C)c1c(Cl)ccc(F)c1Cl. The van der Waals surface area contributed by atoms with Crippen LogP contribution < -0.4 is 10.6 Å². The van der Waals surface area contributed by atoms with E-state index in [0.29, 0.717) is 23.7 Å². The molecule has 0 saturated heterocycles. The monoisotopic (exact) mass is 321 g/mol. The molecule has 1 unspecified atom stereocenters. The first-order valence-corrected chi connectivity index (χ1v) is 6.92. The molecule has 1 aromatic carbocycles. The first-order chi connectivity index (χ1) is 9.34. The topological polar surface area (TPSA) is 44.4 Å². The maximum absolute atomic E-state index is 13.4. The zero-order valence-corrected chi connectivity index (χ0v) is 13.1. The maximum atomic E-state index is 13.4. The Kier molecular flexibility index (Phi) is 6.52. The van der Waals surface area contributed by atoms with Crippen molar-refractivity contribution < 1.29 is 9.18 Å². The van der Waals surface area contributed by atoms with Crippen LogP contribution in [0, 0.1) is 5.82 Å². The molecule has 1 rings (SSSR count). The number of carbonyl (C=O) groups is 1. The average molecular weight is 322 g/mol. The van der Waals surface area contributed by atoms with Crippen LogP contribution in [0.4, 0.5) is 9.18 Å². The van der Waals surface area contributed by atoms with Crippen molar-refractivity contribution in [2.45, 2.75) is 13.0 Å². The van der Waals surface area contributed by atoms with Gasteiger partial charge in [-0.25, -0.2) is 9.18 Å². The quantitative estimate of drug-likeness (QED) is 0.646. The molecular formula is C13H18Cl2FN3O. The number of rotatable bonds is 5. The number of hydrogen-bond donors (Lipinski definition) is 2. The highest BCUT2D eigenvalue weighted by atomic mass is 35.5. The number of nitrogens with zero attached hydrogens (tertiary/aromatic N) is 1. The molecule has 0 saturated carbocycles. The third kappa shape index (κ3) is 4.51. The van der Waals surface area contributed by atoms with Crippen LogP contribution in [0.3, 0.4) is 0 Å². The molecule has 0 aliphatic heterocycles. The van der Waals surface area contributed by atoms with Crippen molar-refractivity contribution >= 4 is 29.2 Å². The van der Waals surface area contributed by atoms with E-state index in [4.69, 9.17) is 23.2 Å². The van der Waals surface area contributed by atoms with Crippen LogP contribution in [0.15, 0.2) is 12.1 Å². The van der Waals surface area contributed by atoms with Crippen molar-refractivity contribution in [1.29, 1.82) is 0 Å². The molecule has 0 radical (unpaired) electrons. The Bertz CT molecular complexity index is 483. The van der Waals surface area contributed by atoms with Gasteiger partial charge in [0.05, 0.1) is 5.02 Å². The third-order valence-corrected chi connectivity index (χ3v) is 3.48. The predicted molar refractivity (Wildman–Crippen MR) is 79.9 cm³/mol. The molecule has 0 heterocycles. The number of halogens is 3. The van der Waals surface area contributed by atoms with Crippen molar-refractivity contribution in [3.8, 4) is 0 Å². The first kappa shape index (κ1) is 17.0. The first-order valence-electron chi connectivity index (χ1n) is 6.16. The van der Waals surface area contributed by atoms with E-state index in [2.05, 4.69) is 10.6 Å². The van der Waals surface area contributed by atoms with Gasteiger partial charge >= 0.3 is 6.03 Å². The van der Waals surface area contributed by atoms with Crippen LogP contribution in [0.5, 0.6) is 0 Å². The summed E-state index contributed by atoms with van der Waals surface area (Å²) in [6, 6.07) is 2.32. The zero-order valence-electron chi connectivity index (χ0n) is 11.6. The molecule has 1 atom stereocenters. The molecule has 2 amide bonds. The van der Waals surface area contributed by atoms with Crippen molar-refractivity contribution in [3.63, 3.8) is 0 Å². The molecule has 0 bridgehead atoms. The lowest BCUT2D eigenvalue weighted by atomic mass is 10.1. The number of urea groups is 1. The molecular weight excluding hydrogens is 304 g/mol. The minimum Gasteiger partial charge on any atom is -0.337 e. The van der Waals surface area contributed by atoms with Gasteiger partial charge in [-0.05, 0) is 19.1 Å². The maximum Gasteiger partial charge on any atom is 0.316 e. The number of carbonyl (C=O) groups excluding carboxylic acids is 1. The lowest BCUT2D eigenvalue weighted by Crippen LogP contribution is -2.38. The molecule has 0 aromatic heterocycles. The van der Waals surface area contributed by atoms with Gasteiger partial charge in [-0.15, -0.1) is 0 Å². The Hall–Kier alpha value is -1.04. The highest BCUT2D eigenvalue weighted by Gasteiger charge is 2.16. The molecule has 2 N–H and O–H groups in total. The fourth-order valence-corrected chi connectivity index (χ4v) is 2.36. The highest BCUT2D eigenvalue weighted by Crippen LogP contribution is 2.32. The van der Waals surface area contributed by atoms with Crippen molar-refractivity contribution in [2.24, 2.45) is 0 Å². The molecule has 112 valence electrons. The second-order valence-corrected chi connectivity index (χ2v) is 5.34. The van der Waals surface area contributed by atoms with E-state index in [-0.39, 0.29) is 17.1 Å². The molecule has 4 nitrogen and oxygen atoms in total. The summed E-state index contributed by atoms with van der Waals surface area (Å²) in [6.45, 7) is 2.80.